The van der Waals surface area contributed by atoms with Crippen LogP contribution in [0, 0.1) is 23.0 Å². The second-order valence-electron chi connectivity index (χ2n) is 5.70. The first kappa shape index (κ1) is 15.1. The number of nitrogens with one attached hydrogen (secondary N) is 1. The van der Waals surface area contributed by atoms with Gasteiger partial charge >= 0.3 is 5.69 Å². The largest absolute Gasteiger partial charge is 0.351 e. The summed E-state index contributed by atoms with van der Waals surface area (Å²) in [6, 6.07) is 0.219. The van der Waals surface area contributed by atoms with Gasteiger partial charge < -0.3 is 5.32 Å². The van der Waals surface area contributed by atoms with Crippen molar-refractivity contribution in [2.45, 2.75) is 32.7 Å². The standard InChI is InChI=1S/C15H18N6O2/c1-10-5-3-4-6-12(10)18-15-17-11(2)13(21(22)23)14(19-15)20-8-7-16-9-20/h3-4,7-10,12H,5-6H2,1-2H3,(H,17,18,19)/t10-,12?/m0/s1. The highest BCUT2D eigenvalue weighted by molar-refractivity contribution is 5.53. The summed E-state index contributed by atoms with van der Waals surface area (Å²) in [5.41, 5.74) is 0.223. The van der Waals surface area contributed by atoms with Crippen LogP contribution in [-0.2, 0) is 0 Å². The molecule has 8 nitrogen and oxygen atoms in total. The van der Waals surface area contributed by atoms with Crippen LogP contribution in [0.15, 0.2) is 30.9 Å². The third kappa shape index (κ3) is 3.05. The van der Waals surface area contributed by atoms with Crippen LogP contribution in [0.5, 0.6) is 0 Å². The van der Waals surface area contributed by atoms with Crippen LogP contribution in [0.1, 0.15) is 25.5 Å². The van der Waals surface area contributed by atoms with Crippen molar-refractivity contribution in [1.29, 1.82) is 0 Å². The predicted octanol–water partition coefficient (Wildman–Crippen LogP) is 2.65. The maximum absolute atomic E-state index is 11.4. The minimum atomic E-state index is -0.458. The highest BCUT2D eigenvalue weighted by Crippen LogP contribution is 2.27. The van der Waals surface area contributed by atoms with Crippen LogP contribution < -0.4 is 5.32 Å². The number of aryl methyl sites for hydroxylation is 1. The molecule has 0 fully saturated rings. The fraction of sp³-hybridized carbons (Fsp3) is 0.400. The summed E-state index contributed by atoms with van der Waals surface area (Å²) < 4.78 is 1.53. The summed E-state index contributed by atoms with van der Waals surface area (Å²) in [5, 5.41) is 14.7. The van der Waals surface area contributed by atoms with Crippen LogP contribution >= 0.6 is 0 Å². The van der Waals surface area contributed by atoms with E-state index in [0.29, 0.717) is 17.6 Å². The van der Waals surface area contributed by atoms with Gasteiger partial charge in [-0.2, -0.15) is 4.98 Å². The molecule has 0 radical (unpaired) electrons. The zero-order valence-electron chi connectivity index (χ0n) is 13.0. The topological polar surface area (TPSA) is 98.8 Å². The maximum atomic E-state index is 11.4. The summed E-state index contributed by atoms with van der Waals surface area (Å²) in [7, 11) is 0. The molecule has 0 amide bonds. The van der Waals surface area contributed by atoms with Crippen molar-refractivity contribution in [3.63, 3.8) is 0 Å². The summed E-state index contributed by atoms with van der Waals surface area (Å²) in [4.78, 5) is 23.5. The molecule has 1 aliphatic carbocycles. The smallest absolute Gasteiger partial charge is 0.333 e. The Labute approximate surface area is 133 Å². The van der Waals surface area contributed by atoms with E-state index in [-0.39, 0.29) is 17.5 Å². The van der Waals surface area contributed by atoms with Gasteiger partial charge in [0, 0.05) is 18.4 Å². The van der Waals surface area contributed by atoms with Gasteiger partial charge in [0.2, 0.25) is 11.8 Å². The Balaban J connectivity index is 1.99. The van der Waals surface area contributed by atoms with Gasteiger partial charge in [-0.25, -0.2) is 9.97 Å². The Kier molecular flexibility index (Phi) is 4.05. The van der Waals surface area contributed by atoms with E-state index in [0.717, 1.165) is 12.8 Å². The molecule has 120 valence electrons. The van der Waals surface area contributed by atoms with Gasteiger partial charge in [-0.1, -0.05) is 19.1 Å². The van der Waals surface area contributed by atoms with Gasteiger partial charge in [-0.3, -0.25) is 14.7 Å². The lowest BCUT2D eigenvalue weighted by Crippen LogP contribution is -2.29. The Bertz CT molecular complexity index is 741. The molecule has 1 aliphatic rings. The van der Waals surface area contributed by atoms with Gasteiger partial charge in [0.1, 0.15) is 12.0 Å². The van der Waals surface area contributed by atoms with E-state index in [4.69, 9.17) is 0 Å². The first-order valence-electron chi connectivity index (χ1n) is 7.49. The number of hydrogen-bond acceptors (Lipinski definition) is 6. The molecule has 1 N–H and O–H groups in total. The Morgan fingerprint density at radius 3 is 2.78 bits per heavy atom. The fourth-order valence-electron chi connectivity index (χ4n) is 2.71. The zero-order chi connectivity index (χ0) is 16.4. The quantitative estimate of drug-likeness (QED) is 0.529. The minimum absolute atomic E-state index is 0.106. The second kappa shape index (κ2) is 6.15. The van der Waals surface area contributed by atoms with Crippen molar-refractivity contribution in [2.75, 3.05) is 5.32 Å². The normalized spacial score (nSPS) is 20.4. The Hall–Kier alpha value is -2.77. The molecular formula is C15H18N6O2. The van der Waals surface area contributed by atoms with Gasteiger partial charge in [0.15, 0.2) is 0 Å². The third-order valence-electron chi connectivity index (χ3n) is 4.04. The van der Waals surface area contributed by atoms with Crippen LogP contribution in [0.4, 0.5) is 11.6 Å². The molecule has 2 heterocycles. The number of hydrogen-bond donors (Lipinski definition) is 1. The molecule has 0 aliphatic heterocycles. The van der Waals surface area contributed by atoms with Gasteiger partial charge in [-0.05, 0) is 25.7 Å². The number of imidazole rings is 1. The molecule has 0 bridgehead atoms. The summed E-state index contributed by atoms with van der Waals surface area (Å²) in [5.74, 6) is 1.08. The number of aromatic nitrogens is 4. The molecule has 2 atom stereocenters. The molecule has 0 saturated heterocycles. The van der Waals surface area contributed by atoms with Crippen LogP contribution in [0.3, 0.4) is 0 Å². The average Bonchev–Trinajstić information content (AvgIpc) is 3.03. The van der Waals surface area contributed by atoms with E-state index in [2.05, 4.69) is 39.3 Å². The number of allylic oxidation sites excluding steroid dienone is 1. The zero-order valence-corrected chi connectivity index (χ0v) is 13.0. The third-order valence-corrected chi connectivity index (χ3v) is 4.04. The fourth-order valence-corrected chi connectivity index (χ4v) is 2.71. The lowest BCUT2D eigenvalue weighted by atomic mass is 9.91. The number of nitrogens with zero attached hydrogens (tertiary/aromatic N) is 5. The van der Waals surface area contributed by atoms with Crippen molar-refractivity contribution in [1.82, 2.24) is 19.5 Å². The first-order chi connectivity index (χ1) is 11.1. The van der Waals surface area contributed by atoms with E-state index in [1.165, 1.54) is 10.9 Å². The molecule has 1 unspecified atom stereocenters. The van der Waals surface area contributed by atoms with Crippen molar-refractivity contribution in [2.24, 2.45) is 5.92 Å². The van der Waals surface area contributed by atoms with Crippen molar-refractivity contribution < 1.29 is 4.92 Å². The predicted molar refractivity (Wildman–Crippen MR) is 85.5 cm³/mol. The first-order valence-corrected chi connectivity index (χ1v) is 7.49. The summed E-state index contributed by atoms with van der Waals surface area (Å²) in [6.07, 6.45) is 10.9. The van der Waals surface area contributed by atoms with Gasteiger partial charge in [-0.15, -0.1) is 0 Å². The van der Waals surface area contributed by atoms with E-state index >= 15 is 0 Å². The molecule has 0 saturated carbocycles. The van der Waals surface area contributed by atoms with Gasteiger partial charge in [0.25, 0.3) is 0 Å². The van der Waals surface area contributed by atoms with Crippen molar-refractivity contribution in [3.8, 4) is 5.82 Å². The highest BCUT2D eigenvalue weighted by atomic mass is 16.6. The van der Waals surface area contributed by atoms with E-state index in [9.17, 15) is 10.1 Å². The lowest BCUT2D eigenvalue weighted by molar-refractivity contribution is -0.385. The molecule has 23 heavy (non-hydrogen) atoms. The molecule has 8 heteroatoms. The summed E-state index contributed by atoms with van der Waals surface area (Å²) in [6.45, 7) is 3.78. The van der Waals surface area contributed by atoms with Crippen LogP contribution in [0.25, 0.3) is 5.82 Å². The summed E-state index contributed by atoms with van der Waals surface area (Å²) >= 11 is 0. The molecule has 2 aromatic rings. The number of anilines is 1. The number of nitro groups is 1. The van der Waals surface area contributed by atoms with Crippen molar-refractivity contribution >= 4 is 11.6 Å². The van der Waals surface area contributed by atoms with Gasteiger partial charge in [0.05, 0.1) is 4.92 Å². The SMILES string of the molecule is Cc1nc(NC2CC=CC[C@@H]2C)nc(-n2ccnc2)c1[N+](=O)[O-]. The maximum Gasteiger partial charge on any atom is 0.333 e. The van der Waals surface area contributed by atoms with Crippen molar-refractivity contribution in [3.05, 3.63) is 46.7 Å². The Morgan fingerprint density at radius 2 is 2.13 bits per heavy atom. The van der Waals surface area contributed by atoms with E-state index in [1.807, 2.05) is 0 Å². The van der Waals surface area contributed by atoms with E-state index < -0.39 is 4.92 Å². The molecular weight excluding hydrogens is 296 g/mol. The average molecular weight is 314 g/mol. The molecule has 0 aromatic carbocycles. The van der Waals surface area contributed by atoms with E-state index in [1.54, 1.807) is 19.3 Å². The molecule has 2 aromatic heterocycles. The highest BCUT2D eigenvalue weighted by Gasteiger charge is 2.25. The van der Waals surface area contributed by atoms with Crippen LogP contribution in [-0.4, -0.2) is 30.5 Å². The lowest BCUT2D eigenvalue weighted by Gasteiger charge is -2.26. The monoisotopic (exact) mass is 314 g/mol. The number of rotatable bonds is 4. The minimum Gasteiger partial charge on any atom is -0.351 e. The molecule has 3 rings (SSSR count). The Morgan fingerprint density at radius 1 is 1.35 bits per heavy atom. The van der Waals surface area contributed by atoms with Crippen LogP contribution in [0.2, 0.25) is 0 Å². The second-order valence-corrected chi connectivity index (χ2v) is 5.70. The molecule has 0 spiro atoms.